The Bertz CT molecular complexity index is 1130. The first-order valence-corrected chi connectivity index (χ1v) is 11.1. The standard InChI is InChI=1S/C24H24N4O3S/c1-15-6-4-7-16(2)21(15)31-13-5-12-30-19-10-8-18(9-11-19)14-20-22(25)28-24(26-23(20)29)32-17(3)27-28/h4,6-11,14,25H,5,12-13H2,1-3H3/b20-14+,25-22?. The predicted octanol–water partition coefficient (Wildman–Crippen LogP) is 4.79. The van der Waals surface area contributed by atoms with Crippen LogP contribution in [0.1, 0.15) is 30.0 Å². The number of hydrogen-bond donors (Lipinski definition) is 1. The van der Waals surface area contributed by atoms with Crippen molar-refractivity contribution >= 4 is 39.8 Å². The normalized spacial score (nSPS) is 16.7. The van der Waals surface area contributed by atoms with Gasteiger partial charge in [0.15, 0.2) is 5.84 Å². The van der Waals surface area contributed by atoms with Crippen molar-refractivity contribution in [3.8, 4) is 11.5 Å². The zero-order chi connectivity index (χ0) is 22.7. The summed E-state index contributed by atoms with van der Waals surface area (Å²) in [7, 11) is 0. The van der Waals surface area contributed by atoms with Gasteiger partial charge in [0.2, 0.25) is 5.17 Å². The number of hydrogen-bond acceptors (Lipinski definition) is 6. The van der Waals surface area contributed by atoms with E-state index >= 15 is 0 Å². The van der Waals surface area contributed by atoms with Crippen LogP contribution in [0.25, 0.3) is 6.08 Å². The number of nitrogens with one attached hydrogen (secondary N) is 1. The zero-order valence-electron chi connectivity index (χ0n) is 18.2. The van der Waals surface area contributed by atoms with E-state index in [4.69, 9.17) is 14.9 Å². The van der Waals surface area contributed by atoms with Gasteiger partial charge in [0.1, 0.15) is 11.5 Å². The highest BCUT2D eigenvalue weighted by molar-refractivity contribution is 8.26. The highest BCUT2D eigenvalue weighted by atomic mass is 32.2. The van der Waals surface area contributed by atoms with Gasteiger partial charge in [-0.1, -0.05) is 30.3 Å². The molecule has 0 saturated carbocycles. The Labute approximate surface area is 191 Å². The molecular weight excluding hydrogens is 424 g/mol. The Kier molecular flexibility index (Phi) is 6.41. The van der Waals surface area contributed by atoms with Crippen molar-refractivity contribution in [2.24, 2.45) is 10.1 Å². The molecule has 2 heterocycles. The van der Waals surface area contributed by atoms with E-state index in [0.717, 1.165) is 39.7 Å². The van der Waals surface area contributed by atoms with Crippen LogP contribution in [0.2, 0.25) is 0 Å². The van der Waals surface area contributed by atoms with Gasteiger partial charge in [-0.25, -0.2) is 0 Å². The second-order valence-electron chi connectivity index (χ2n) is 7.48. The van der Waals surface area contributed by atoms with Crippen LogP contribution in [0.5, 0.6) is 11.5 Å². The number of amidine groups is 2. The second kappa shape index (κ2) is 9.40. The SMILES string of the molecule is CC1=NN2C(=N)/C(=C\c3ccc(OCCCOc4c(C)cccc4C)cc3)C(=O)N=C2S1. The molecule has 2 aliphatic heterocycles. The maximum Gasteiger partial charge on any atom is 0.283 e. The third-order valence-corrected chi connectivity index (χ3v) is 5.78. The maximum absolute atomic E-state index is 12.3. The quantitative estimate of drug-likeness (QED) is 0.486. The largest absolute Gasteiger partial charge is 0.493 e. The lowest BCUT2D eigenvalue weighted by atomic mass is 10.1. The van der Waals surface area contributed by atoms with Gasteiger partial charge in [0, 0.05) is 6.42 Å². The van der Waals surface area contributed by atoms with Gasteiger partial charge in [-0.3, -0.25) is 10.2 Å². The number of ether oxygens (including phenoxy) is 2. The highest BCUT2D eigenvalue weighted by Gasteiger charge is 2.34. The molecule has 164 valence electrons. The first-order valence-electron chi connectivity index (χ1n) is 10.3. The fourth-order valence-corrected chi connectivity index (χ4v) is 4.10. The summed E-state index contributed by atoms with van der Waals surface area (Å²) in [6, 6.07) is 13.5. The summed E-state index contributed by atoms with van der Waals surface area (Å²) < 4.78 is 11.7. The molecule has 4 rings (SSSR count). The van der Waals surface area contributed by atoms with Crippen molar-refractivity contribution in [3.63, 3.8) is 0 Å². The summed E-state index contributed by atoms with van der Waals surface area (Å²) in [5, 5.41) is 15.1. The molecule has 7 nitrogen and oxygen atoms in total. The average molecular weight is 449 g/mol. The van der Waals surface area contributed by atoms with Gasteiger partial charge >= 0.3 is 0 Å². The van der Waals surface area contributed by atoms with Crippen LogP contribution >= 0.6 is 11.8 Å². The smallest absolute Gasteiger partial charge is 0.283 e. The van der Waals surface area contributed by atoms with Crippen molar-refractivity contribution in [2.75, 3.05) is 13.2 Å². The van der Waals surface area contributed by atoms with E-state index in [1.165, 1.54) is 16.8 Å². The molecule has 0 aliphatic carbocycles. The Morgan fingerprint density at radius 1 is 1.03 bits per heavy atom. The zero-order valence-corrected chi connectivity index (χ0v) is 19.0. The van der Waals surface area contributed by atoms with Gasteiger partial charge < -0.3 is 9.47 Å². The lowest BCUT2D eigenvalue weighted by Gasteiger charge is -2.20. The molecule has 1 N–H and O–H groups in total. The second-order valence-corrected chi connectivity index (χ2v) is 8.64. The lowest BCUT2D eigenvalue weighted by molar-refractivity contribution is -0.114. The van der Waals surface area contributed by atoms with Crippen LogP contribution in [0.3, 0.4) is 0 Å². The first-order chi connectivity index (χ1) is 15.4. The van der Waals surface area contributed by atoms with Crippen molar-refractivity contribution in [1.29, 1.82) is 5.41 Å². The third kappa shape index (κ3) is 4.75. The maximum atomic E-state index is 12.3. The van der Waals surface area contributed by atoms with Crippen LogP contribution < -0.4 is 9.47 Å². The minimum atomic E-state index is -0.428. The van der Waals surface area contributed by atoms with Gasteiger partial charge in [0.25, 0.3) is 5.91 Å². The number of fused-ring (bicyclic) bond motifs is 1. The van der Waals surface area contributed by atoms with Gasteiger partial charge in [-0.2, -0.15) is 15.1 Å². The van der Waals surface area contributed by atoms with Gasteiger partial charge in [-0.05, 0) is 67.4 Å². The number of hydrazone groups is 1. The number of carbonyl (C=O) groups is 1. The van der Waals surface area contributed by atoms with Crippen LogP contribution in [-0.2, 0) is 4.79 Å². The van der Waals surface area contributed by atoms with Crippen molar-refractivity contribution in [1.82, 2.24) is 5.01 Å². The predicted molar refractivity (Wildman–Crippen MR) is 129 cm³/mol. The molecule has 0 saturated heterocycles. The summed E-state index contributed by atoms with van der Waals surface area (Å²) in [6.07, 6.45) is 2.42. The van der Waals surface area contributed by atoms with Crippen molar-refractivity contribution < 1.29 is 14.3 Å². The van der Waals surface area contributed by atoms with Crippen LogP contribution in [-0.4, -0.2) is 40.2 Å². The molecule has 2 aliphatic rings. The Morgan fingerprint density at radius 2 is 1.72 bits per heavy atom. The fourth-order valence-electron chi connectivity index (χ4n) is 3.36. The number of aliphatic imine (C=N–C) groups is 1. The molecule has 0 atom stereocenters. The molecule has 0 fully saturated rings. The molecule has 1 amide bonds. The van der Waals surface area contributed by atoms with E-state index in [-0.39, 0.29) is 11.4 Å². The molecule has 0 bridgehead atoms. The van der Waals surface area contributed by atoms with E-state index in [9.17, 15) is 4.79 Å². The van der Waals surface area contributed by atoms with E-state index in [1.54, 1.807) is 6.08 Å². The number of para-hydroxylation sites is 1. The summed E-state index contributed by atoms with van der Waals surface area (Å²) in [5.41, 5.74) is 3.26. The molecule has 0 aromatic heterocycles. The van der Waals surface area contributed by atoms with Gasteiger partial charge in [0.05, 0.1) is 23.8 Å². The Morgan fingerprint density at radius 3 is 2.44 bits per heavy atom. The van der Waals surface area contributed by atoms with Crippen LogP contribution in [0.15, 0.2) is 58.1 Å². The fraction of sp³-hybridized carbons (Fsp3) is 0.250. The summed E-state index contributed by atoms with van der Waals surface area (Å²) in [5.74, 6) is 1.29. The molecule has 32 heavy (non-hydrogen) atoms. The van der Waals surface area contributed by atoms with E-state index < -0.39 is 5.91 Å². The molecule has 0 spiro atoms. The third-order valence-electron chi connectivity index (χ3n) is 4.96. The van der Waals surface area contributed by atoms with Crippen molar-refractivity contribution in [2.45, 2.75) is 27.2 Å². The molecule has 2 aromatic rings. The average Bonchev–Trinajstić information content (AvgIpc) is 3.14. The van der Waals surface area contributed by atoms with E-state index in [0.29, 0.717) is 18.4 Å². The summed E-state index contributed by atoms with van der Waals surface area (Å²) in [6.45, 7) is 7.03. The Balaban J connectivity index is 1.31. The number of benzene rings is 2. The molecule has 0 radical (unpaired) electrons. The van der Waals surface area contributed by atoms with Crippen LogP contribution in [0, 0.1) is 19.3 Å². The van der Waals surface area contributed by atoms with Crippen molar-refractivity contribution in [3.05, 3.63) is 64.7 Å². The number of rotatable bonds is 7. The topological polar surface area (TPSA) is 87.3 Å². The minimum absolute atomic E-state index is 0.0357. The van der Waals surface area contributed by atoms with E-state index in [1.807, 2.05) is 63.2 Å². The minimum Gasteiger partial charge on any atom is -0.493 e. The monoisotopic (exact) mass is 448 g/mol. The number of carbonyl (C=O) groups excluding carboxylic acids is 1. The van der Waals surface area contributed by atoms with E-state index in [2.05, 4.69) is 10.1 Å². The highest BCUT2D eigenvalue weighted by Crippen LogP contribution is 2.28. The molecular formula is C24H24N4O3S. The lowest BCUT2D eigenvalue weighted by Crippen LogP contribution is -2.35. The molecule has 0 unspecified atom stereocenters. The van der Waals surface area contributed by atoms with Gasteiger partial charge in [-0.15, -0.1) is 0 Å². The number of amides is 1. The number of thioether (sulfide) groups is 1. The Hall–Kier alpha value is -3.39. The number of aryl methyl sites for hydroxylation is 2. The number of nitrogens with zero attached hydrogens (tertiary/aromatic N) is 3. The summed E-state index contributed by atoms with van der Waals surface area (Å²) in [4.78, 5) is 16.4. The summed E-state index contributed by atoms with van der Waals surface area (Å²) >= 11 is 1.29. The molecule has 2 aromatic carbocycles. The molecule has 8 heteroatoms. The first kappa shape index (κ1) is 21.8. The van der Waals surface area contributed by atoms with Crippen LogP contribution in [0.4, 0.5) is 0 Å².